The van der Waals surface area contributed by atoms with E-state index in [0.29, 0.717) is 48.4 Å². The lowest BCUT2D eigenvalue weighted by atomic mass is 9.93. The van der Waals surface area contributed by atoms with E-state index in [2.05, 4.69) is 10.3 Å². The Morgan fingerprint density at radius 2 is 2.28 bits per heavy atom. The Hall–Kier alpha value is -2.63. The summed E-state index contributed by atoms with van der Waals surface area (Å²) in [4.78, 5) is 17.3. The van der Waals surface area contributed by atoms with Crippen LogP contribution >= 0.6 is 0 Å². The van der Waals surface area contributed by atoms with E-state index in [1.54, 1.807) is 12.1 Å². The molecule has 1 aliphatic carbocycles. The highest BCUT2D eigenvalue weighted by Crippen LogP contribution is 2.33. The molecule has 0 bridgehead atoms. The largest absolute Gasteiger partial charge is 0.497 e. The van der Waals surface area contributed by atoms with Crippen LogP contribution in [0.3, 0.4) is 0 Å². The number of amides is 1. The molecular weight excluding hydrogens is 321 g/mol. The maximum Gasteiger partial charge on any atom is 0.255 e. The first-order chi connectivity index (χ1) is 12.0. The predicted molar refractivity (Wildman–Crippen MR) is 91.9 cm³/mol. The number of allylic oxidation sites excluding steroid dienone is 2. The zero-order valence-corrected chi connectivity index (χ0v) is 14.3. The Morgan fingerprint density at radius 1 is 1.44 bits per heavy atom. The fourth-order valence-corrected chi connectivity index (χ4v) is 3.61. The number of aryl methyl sites for hydroxylation is 2. The Morgan fingerprint density at radius 3 is 3.12 bits per heavy atom. The molecule has 0 spiro atoms. The summed E-state index contributed by atoms with van der Waals surface area (Å²) < 4.78 is 21.8. The molecule has 1 aliphatic heterocycles. The topological polar surface area (TPSA) is 55.6 Å². The molecule has 1 atom stereocenters. The maximum absolute atomic E-state index is 14.3. The smallest absolute Gasteiger partial charge is 0.255 e. The van der Waals surface area contributed by atoms with Gasteiger partial charge in [-0.15, -0.1) is 0 Å². The Balaban J connectivity index is 1.66. The van der Waals surface area contributed by atoms with Crippen LogP contribution in [-0.4, -0.2) is 27.9 Å². The number of halogens is 1. The highest BCUT2D eigenvalue weighted by atomic mass is 19.1. The Kier molecular flexibility index (Phi) is 3.82. The molecule has 1 N–H and O–H groups in total. The van der Waals surface area contributed by atoms with Gasteiger partial charge in [-0.2, -0.15) is 0 Å². The highest BCUT2D eigenvalue weighted by molar-refractivity contribution is 6.00. The summed E-state index contributed by atoms with van der Waals surface area (Å²) >= 11 is 0. The minimum atomic E-state index is -0.367. The van der Waals surface area contributed by atoms with Gasteiger partial charge >= 0.3 is 0 Å². The molecule has 4 rings (SSSR count). The summed E-state index contributed by atoms with van der Waals surface area (Å²) in [7, 11) is 0. The van der Waals surface area contributed by atoms with Crippen molar-refractivity contribution in [3.8, 4) is 0 Å². The van der Waals surface area contributed by atoms with Crippen molar-refractivity contribution in [2.75, 3.05) is 6.61 Å². The summed E-state index contributed by atoms with van der Waals surface area (Å²) in [5, 5.41) is 2.97. The molecule has 2 aliphatic rings. The third-order valence-corrected chi connectivity index (χ3v) is 4.77. The summed E-state index contributed by atoms with van der Waals surface area (Å²) in [5.41, 5.74) is 3.49. The molecule has 0 radical (unpaired) electrons. The van der Waals surface area contributed by atoms with Crippen molar-refractivity contribution in [1.29, 1.82) is 0 Å². The lowest BCUT2D eigenvalue weighted by Gasteiger charge is -2.30. The molecule has 0 aromatic carbocycles. The molecule has 1 amide bonds. The van der Waals surface area contributed by atoms with E-state index in [-0.39, 0.29) is 17.8 Å². The van der Waals surface area contributed by atoms with Crippen LogP contribution in [0.25, 0.3) is 5.65 Å². The molecule has 6 heteroatoms. The molecule has 2 aromatic rings. The van der Waals surface area contributed by atoms with Crippen LogP contribution in [0.1, 0.15) is 41.0 Å². The fraction of sp³-hybridized carbons (Fsp3) is 0.368. The maximum atomic E-state index is 14.3. The van der Waals surface area contributed by atoms with E-state index in [0.717, 1.165) is 11.4 Å². The summed E-state index contributed by atoms with van der Waals surface area (Å²) in [6, 6.07) is 3.35. The van der Waals surface area contributed by atoms with Gasteiger partial charge in [0.2, 0.25) is 0 Å². The number of nitrogens with one attached hydrogen (secondary N) is 1. The van der Waals surface area contributed by atoms with E-state index in [4.69, 9.17) is 4.74 Å². The number of hydrogen-bond donors (Lipinski definition) is 1. The third kappa shape index (κ3) is 2.71. The molecule has 3 heterocycles. The average molecular weight is 341 g/mol. The number of nitrogens with zero attached hydrogens (tertiary/aromatic N) is 2. The van der Waals surface area contributed by atoms with Crippen molar-refractivity contribution in [2.24, 2.45) is 0 Å². The van der Waals surface area contributed by atoms with E-state index in [1.165, 1.54) is 0 Å². The van der Waals surface area contributed by atoms with E-state index in [1.807, 2.05) is 30.5 Å². The van der Waals surface area contributed by atoms with E-state index < -0.39 is 0 Å². The van der Waals surface area contributed by atoms with Gasteiger partial charge in [-0.25, -0.2) is 9.37 Å². The number of rotatable bonds is 2. The zero-order chi connectivity index (χ0) is 17.6. The molecule has 2 aromatic heterocycles. The molecular formula is C19H20FN3O2. The van der Waals surface area contributed by atoms with Gasteiger partial charge in [0.15, 0.2) is 0 Å². The van der Waals surface area contributed by atoms with Crippen molar-refractivity contribution >= 4 is 11.6 Å². The number of carbonyl (C=O) groups excluding carboxylic acids is 1. The summed E-state index contributed by atoms with van der Waals surface area (Å²) in [6.45, 7) is 4.37. The SMILES string of the molecule is Cc1cc(C)n2ccc(C(=O)NC3CCOC4=C3C(F)=CCC4)c2n1. The van der Waals surface area contributed by atoms with Crippen molar-refractivity contribution < 1.29 is 13.9 Å². The van der Waals surface area contributed by atoms with Crippen LogP contribution in [0.2, 0.25) is 0 Å². The van der Waals surface area contributed by atoms with E-state index >= 15 is 0 Å². The van der Waals surface area contributed by atoms with Gasteiger partial charge in [0.05, 0.1) is 18.2 Å². The second-order valence-corrected chi connectivity index (χ2v) is 6.55. The van der Waals surface area contributed by atoms with Gasteiger partial charge in [0.25, 0.3) is 5.91 Å². The minimum Gasteiger partial charge on any atom is -0.497 e. The van der Waals surface area contributed by atoms with Crippen LogP contribution in [0.5, 0.6) is 0 Å². The van der Waals surface area contributed by atoms with Gasteiger partial charge < -0.3 is 14.5 Å². The first-order valence-electron chi connectivity index (χ1n) is 8.52. The third-order valence-electron chi connectivity index (χ3n) is 4.77. The standard InChI is InChI=1S/C19H20FN3O2/c1-11-10-12(2)23-8-6-13(18(23)21-11)19(24)22-15-7-9-25-16-5-3-4-14(20)17(15)16/h4,6,8,10,15H,3,5,7,9H2,1-2H3,(H,22,24). The van der Waals surface area contributed by atoms with Crippen LogP contribution in [0.15, 0.2) is 41.6 Å². The van der Waals surface area contributed by atoms with Crippen molar-refractivity contribution in [2.45, 2.75) is 39.2 Å². The minimum absolute atomic E-state index is 0.239. The molecule has 0 saturated carbocycles. The normalized spacial score (nSPS) is 20.1. The van der Waals surface area contributed by atoms with Crippen molar-refractivity contribution in [1.82, 2.24) is 14.7 Å². The Labute approximate surface area is 145 Å². The van der Waals surface area contributed by atoms with Gasteiger partial charge in [-0.3, -0.25) is 4.79 Å². The Bertz CT molecular complexity index is 926. The van der Waals surface area contributed by atoms with Crippen LogP contribution in [0, 0.1) is 13.8 Å². The van der Waals surface area contributed by atoms with Crippen molar-refractivity contribution in [3.05, 3.63) is 58.5 Å². The highest BCUT2D eigenvalue weighted by Gasteiger charge is 2.31. The monoisotopic (exact) mass is 341 g/mol. The van der Waals surface area contributed by atoms with Gasteiger partial charge in [-0.05, 0) is 38.5 Å². The molecule has 0 fully saturated rings. The molecule has 1 unspecified atom stereocenters. The predicted octanol–water partition coefficient (Wildman–Crippen LogP) is 3.37. The van der Waals surface area contributed by atoms with Crippen molar-refractivity contribution in [3.63, 3.8) is 0 Å². The van der Waals surface area contributed by atoms with Gasteiger partial charge in [0.1, 0.15) is 17.2 Å². The average Bonchev–Trinajstić information content (AvgIpc) is 2.99. The summed E-state index contributed by atoms with van der Waals surface area (Å²) in [5.74, 6) is 0.151. The van der Waals surface area contributed by atoms with Crippen LogP contribution in [-0.2, 0) is 4.74 Å². The number of ether oxygens (including phenoxy) is 1. The number of carbonyl (C=O) groups is 1. The van der Waals surface area contributed by atoms with Crippen LogP contribution in [0.4, 0.5) is 4.39 Å². The quantitative estimate of drug-likeness (QED) is 0.911. The molecule has 130 valence electrons. The zero-order valence-electron chi connectivity index (χ0n) is 14.3. The second-order valence-electron chi connectivity index (χ2n) is 6.55. The molecule has 5 nitrogen and oxygen atoms in total. The first-order valence-corrected chi connectivity index (χ1v) is 8.52. The first kappa shape index (κ1) is 15.9. The number of aromatic nitrogens is 2. The fourth-order valence-electron chi connectivity index (χ4n) is 3.61. The van der Waals surface area contributed by atoms with Crippen LogP contribution < -0.4 is 5.32 Å². The number of fused-ring (bicyclic) bond motifs is 1. The second kappa shape index (κ2) is 6.02. The lowest BCUT2D eigenvalue weighted by Crippen LogP contribution is -2.40. The van der Waals surface area contributed by atoms with Gasteiger partial charge in [-0.1, -0.05) is 0 Å². The van der Waals surface area contributed by atoms with E-state index in [9.17, 15) is 9.18 Å². The molecule has 0 saturated heterocycles. The molecule has 25 heavy (non-hydrogen) atoms. The lowest BCUT2D eigenvalue weighted by molar-refractivity contribution is 0.0920. The number of hydrogen-bond acceptors (Lipinski definition) is 3. The summed E-state index contributed by atoms with van der Waals surface area (Å²) in [6.07, 6.45) is 5.28. The van der Waals surface area contributed by atoms with Gasteiger partial charge in [0, 0.05) is 36.0 Å².